The molecule has 0 bridgehead atoms. The van der Waals surface area contributed by atoms with Crippen LogP contribution in [0.1, 0.15) is 46.8 Å². The lowest BCUT2D eigenvalue weighted by Crippen LogP contribution is -2.11. The molecule has 0 amide bonds. The Balaban J connectivity index is 2.35. The average molecular weight is 227 g/mol. The van der Waals surface area contributed by atoms with Crippen LogP contribution in [-0.2, 0) is 7.05 Å². The first-order chi connectivity index (χ1) is 8.22. The highest BCUT2D eigenvalue weighted by Gasteiger charge is 2.27. The number of rotatable bonds is 2. The summed E-state index contributed by atoms with van der Waals surface area (Å²) in [5.74, 6) is 0.598. The van der Waals surface area contributed by atoms with Crippen LogP contribution in [0.3, 0.4) is 0 Å². The average Bonchev–Trinajstić information content (AvgIpc) is 2.50. The first-order valence-electron chi connectivity index (χ1n) is 6.26. The largest absolute Gasteiger partial charge is 0.341 e. The van der Waals surface area contributed by atoms with Crippen LogP contribution >= 0.6 is 0 Å². The molecule has 1 aromatic heterocycles. The minimum absolute atomic E-state index is 0.598. The van der Waals surface area contributed by atoms with Gasteiger partial charge < -0.3 is 4.57 Å². The molecule has 88 valence electrons. The van der Waals surface area contributed by atoms with Gasteiger partial charge in [0.2, 0.25) is 0 Å². The molecule has 1 heterocycles. The van der Waals surface area contributed by atoms with E-state index in [1.165, 1.54) is 41.3 Å². The highest BCUT2D eigenvalue weighted by Crippen LogP contribution is 2.42. The molecule has 17 heavy (non-hydrogen) atoms. The van der Waals surface area contributed by atoms with Crippen molar-refractivity contribution in [3.05, 3.63) is 35.0 Å². The van der Waals surface area contributed by atoms with Crippen LogP contribution in [0.5, 0.6) is 0 Å². The third-order valence-electron chi connectivity index (χ3n) is 4.07. The van der Waals surface area contributed by atoms with Crippen molar-refractivity contribution >= 4 is 17.2 Å². The number of benzene rings is 1. The molecule has 2 aromatic rings. The molecule has 1 aliphatic rings. The van der Waals surface area contributed by atoms with E-state index in [4.69, 9.17) is 0 Å². The molecule has 2 heteroatoms. The van der Waals surface area contributed by atoms with Crippen molar-refractivity contribution in [2.24, 2.45) is 7.05 Å². The molecule has 0 atom stereocenters. The molecule has 0 N–H and O–H groups in total. The molecule has 0 spiro atoms. The number of aromatic nitrogens is 1. The van der Waals surface area contributed by atoms with E-state index in [1.807, 2.05) is 11.6 Å². The first kappa shape index (κ1) is 10.6. The highest BCUT2D eigenvalue weighted by molar-refractivity contribution is 5.94. The molecule has 1 aromatic carbocycles. The Bertz CT molecular complexity index is 590. The number of fused-ring (bicyclic) bond motifs is 1. The van der Waals surface area contributed by atoms with Crippen molar-refractivity contribution in [2.75, 3.05) is 0 Å². The molecule has 1 fully saturated rings. The summed E-state index contributed by atoms with van der Waals surface area (Å²) in [5.41, 5.74) is 4.60. The van der Waals surface area contributed by atoms with Crippen LogP contribution < -0.4 is 0 Å². The Kier molecular flexibility index (Phi) is 2.32. The second kappa shape index (κ2) is 3.73. The van der Waals surface area contributed by atoms with Gasteiger partial charge in [-0.15, -0.1) is 0 Å². The summed E-state index contributed by atoms with van der Waals surface area (Å²) < 4.78 is 2.04. The number of aldehydes is 1. The number of carbonyl (C=O) groups is 1. The van der Waals surface area contributed by atoms with Crippen LogP contribution in [0.15, 0.2) is 18.2 Å². The van der Waals surface area contributed by atoms with Crippen molar-refractivity contribution < 1.29 is 4.79 Å². The molecule has 1 saturated carbocycles. The van der Waals surface area contributed by atoms with Gasteiger partial charge in [-0.05, 0) is 43.4 Å². The van der Waals surface area contributed by atoms with Crippen molar-refractivity contribution in [3.8, 4) is 0 Å². The summed E-state index contributed by atoms with van der Waals surface area (Å²) in [6.45, 7) is 2.11. The predicted octanol–water partition coefficient (Wildman–Crippen LogP) is 3.57. The smallest absolute Gasteiger partial charge is 0.166 e. The lowest BCUT2D eigenvalue weighted by atomic mass is 9.78. The zero-order valence-electron chi connectivity index (χ0n) is 10.4. The van der Waals surface area contributed by atoms with Gasteiger partial charge in [0.25, 0.3) is 0 Å². The number of hydrogen-bond donors (Lipinski definition) is 0. The van der Waals surface area contributed by atoms with E-state index >= 15 is 0 Å². The molecular weight excluding hydrogens is 210 g/mol. The van der Waals surface area contributed by atoms with E-state index in [0.29, 0.717) is 5.92 Å². The maximum absolute atomic E-state index is 11.3. The van der Waals surface area contributed by atoms with Gasteiger partial charge in [-0.2, -0.15) is 0 Å². The normalized spacial score (nSPS) is 16.1. The molecule has 2 nitrogen and oxygen atoms in total. The SMILES string of the molecule is Cc1ccc2c(c1)c(C1CCC1)c(C=O)n2C. The first-order valence-corrected chi connectivity index (χ1v) is 6.26. The number of carbonyl (C=O) groups excluding carboxylic acids is 1. The molecule has 0 aliphatic heterocycles. The molecule has 0 saturated heterocycles. The van der Waals surface area contributed by atoms with Gasteiger partial charge in [-0.3, -0.25) is 4.79 Å². The fourth-order valence-corrected chi connectivity index (χ4v) is 2.88. The van der Waals surface area contributed by atoms with Gasteiger partial charge >= 0.3 is 0 Å². The van der Waals surface area contributed by atoms with E-state index in [1.54, 1.807) is 0 Å². The maximum atomic E-state index is 11.3. The van der Waals surface area contributed by atoms with E-state index < -0.39 is 0 Å². The van der Waals surface area contributed by atoms with Crippen LogP contribution in [0.25, 0.3) is 10.9 Å². The summed E-state index contributed by atoms with van der Waals surface area (Å²) in [6.07, 6.45) is 4.77. The third kappa shape index (κ3) is 1.43. The summed E-state index contributed by atoms with van der Waals surface area (Å²) in [5, 5.41) is 1.28. The van der Waals surface area contributed by atoms with Gasteiger partial charge in [0.1, 0.15) is 0 Å². The Morgan fingerprint density at radius 2 is 2.12 bits per heavy atom. The quantitative estimate of drug-likeness (QED) is 0.719. The van der Waals surface area contributed by atoms with E-state index in [-0.39, 0.29) is 0 Å². The van der Waals surface area contributed by atoms with Crippen molar-refractivity contribution in [2.45, 2.75) is 32.1 Å². The Morgan fingerprint density at radius 3 is 2.71 bits per heavy atom. The van der Waals surface area contributed by atoms with Crippen LogP contribution in [0.2, 0.25) is 0 Å². The van der Waals surface area contributed by atoms with Crippen molar-refractivity contribution in [1.82, 2.24) is 4.57 Å². The van der Waals surface area contributed by atoms with E-state index in [0.717, 1.165) is 12.0 Å². The Morgan fingerprint density at radius 1 is 1.35 bits per heavy atom. The maximum Gasteiger partial charge on any atom is 0.166 e. The second-order valence-corrected chi connectivity index (χ2v) is 5.12. The van der Waals surface area contributed by atoms with Crippen molar-refractivity contribution in [1.29, 1.82) is 0 Å². The number of aryl methyl sites for hydroxylation is 2. The summed E-state index contributed by atoms with van der Waals surface area (Å²) in [7, 11) is 1.99. The van der Waals surface area contributed by atoms with Gasteiger partial charge in [0.05, 0.1) is 5.69 Å². The second-order valence-electron chi connectivity index (χ2n) is 5.12. The Labute approximate surface area is 101 Å². The fraction of sp³-hybridized carbons (Fsp3) is 0.400. The van der Waals surface area contributed by atoms with E-state index in [2.05, 4.69) is 25.1 Å². The monoisotopic (exact) mass is 227 g/mol. The van der Waals surface area contributed by atoms with Crippen molar-refractivity contribution in [3.63, 3.8) is 0 Å². The Hall–Kier alpha value is -1.57. The van der Waals surface area contributed by atoms with Gasteiger partial charge in [0, 0.05) is 18.0 Å². The molecule has 3 rings (SSSR count). The summed E-state index contributed by atoms with van der Waals surface area (Å²) in [4.78, 5) is 11.3. The molecule has 1 aliphatic carbocycles. The third-order valence-corrected chi connectivity index (χ3v) is 4.07. The molecule has 0 radical (unpaired) electrons. The minimum atomic E-state index is 0.598. The van der Waals surface area contributed by atoms with Gasteiger partial charge in [-0.25, -0.2) is 0 Å². The van der Waals surface area contributed by atoms with Crippen LogP contribution in [0.4, 0.5) is 0 Å². The standard InChI is InChI=1S/C15H17NO/c1-10-6-7-13-12(8-10)15(11-4-3-5-11)14(9-17)16(13)2/h6-9,11H,3-5H2,1-2H3. The lowest BCUT2D eigenvalue weighted by molar-refractivity contribution is 0.111. The number of nitrogens with zero attached hydrogens (tertiary/aromatic N) is 1. The molecular formula is C15H17NO. The van der Waals surface area contributed by atoms with Gasteiger partial charge in [0.15, 0.2) is 6.29 Å². The minimum Gasteiger partial charge on any atom is -0.341 e. The summed E-state index contributed by atoms with van der Waals surface area (Å²) in [6, 6.07) is 6.46. The zero-order chi connectivity index (χ0) is 12.0. The number of hydrogen-bond acceptors (Lipinski definition) is 1. The van der Waals surface area contributed by atoms with Crippen LogP contribution in [0, 0.1) is 6.92 Å². The predicted molar refractivity (Wildman–Crippen MR) is 69.6 cm³/mol. The van der Waals surface area contributed by atoms with Crippen LogP contribution in [-0.4, -0.2) is 10.9 Å². The van der Waals surface area contributed by atoms with E-state index in [9.17, 15) is 4.79 Å². The van der Waals surface area contributed by atoms with Gasteiger partial charge in [-0.1, -0.05) is 18.1 Å². The zero-order valence-corrected chi connectivity index (χ0v) is 10.4. The molecule has 0 unspecified atom stereocenters. The lowest BCUT2D eigenvalue weighted by Gasteiger charge is -2.26. The highest BCUT2D eigenvalue weighted by atomic mass is 16.1. The summed E-state index contributed by atoms with van der Waals surface area (Å²) >= 11 is 0. The fourth-order valence-electron chi connectivity index (χ4n) is 2.88. The topological polar surface area (TPSA) is 22.0 Å².